The van der Waals surface area contributed by atoms with Crippen molar-refractivity contribution >= 4 is 44.8 Å². The van der Waals surface area contributed by atoms with E-state index in [-0.39, 0.29) is 28.7 Å². The number of nitro benzene ring substituents is 1. The number of esters is 1. The number of nitro groups is 1. The third-order valence-corrected chi connectivity index (χ3v) is 5.48. The van der Waals surface area contributed by atoms with Gasteiger partial charge in [0.25, 0.3) is 11.2 Å². The molecule has 1 amide bonds. The average Bonchev–Trinajstić information content (AvgIpc) is 2.96. The van der Waals surface area contributed by atoms with Gasteiger partial charge in [0.2, 0.25) is 5.91 Å². The number of amides is 1. The normalized spacial score (nSPS) is 10.7. The molecule has 0 bridgehead atoms. The third-order valence-electron chi connectivity index (χ3n) is 4.36. The first-order valence-corrected chi connectivity index (χ1v) is 9.16. The standard InChI is InChI=1S/C18H16N4O6S/c1-9-10(2)29-16(15(9)18(25)28-3)20-14(23)7-21-8-19-13-5-4-11(22(26)27)6-12(13)17(21)24/h4-6,8H,7H2,1-3H3,(H,20,23). The first-order chi connectivity index (χ1) is 13.7. The van der Waals surface area contributed by atoms with Gasteiger partial charge in [-0.15, -0.1) is 11.3 Å². The van der Waals surface area contributed by atoms with Gasteiger partial charge in [0.05, 0.1) is 34.8 Å². The number of carbonyl (C=O) groups is 2. The molecule has 3 rings (SSSR count). The van der Waals surface area contributed by atoms with Crippen molar-refractivity contribution in [1.82, 2.24) is 9.55 Å². The van der Waals surface area contributed by atoms with Gasteiger partial charge in [-0.3, -0.25) is 24.3 Å². The van der Waals surface area contributed by atoms with E-state index in [2.05, 4.69) is 10.3 Å². The Morgan fingerprint density at radius 3 is 2.72 bits per heavy atom. The average molecular weight is 416 g/mol. The minimum atomic E-state index is -0.612. The van der Waals surface area contributed by atoms with Gasteiger partial charge < -0.3 is 10.1 Å². The number of aryl methyl sites for hydroxylation is 1. The van der Waals surface area contributed by atoms with Crippen LogP contribution in [0.15, 0.2) is 29.3 Å². The Labute approximate surface area is 167 Å². The number of anilines is 1. The van der Waals surface area contributed by atoms with Gasteiger partial charge in [0.1, 0.15) is 11.5 Å². The predicted octanol–water partition coefficient (Wildman–Crippen LogP) is 2.41. The van der Waals surface area contributed by atoms with Gasteiger partial charge in [-0.05, 0) is 25.5 Å². The lowest BCUT2D eigenvalue weighted by Crippen LogP contribution is -2.28. The second kappa shape index (κ2) is 7.80. The first-order valence-electron chi connectivity index (χ1n) is 8.34. The molecular weight excluding hydrogens is 400 g/mol. The van der Waals surface area contributed by atoms with Crippen LogP contribution in [-0.2, 0) is 16.1 Å². The second-order valence-corrected chi connectivity index (χ2v) is 7.39. The van der Waals surface area contributed by atoms with E-state index in [4.69, 9.17) is 4.74 Å². The zero-order valence-corrected chi connectivity index (χ0v) is 16.5. The van der Waals surface area contributed by atoms with E-state index in [1.807, 2.05) is 6.92 Å². The summed E-state index contributed by atoms with van der Waals surface area (Å²) in [6, 6.07) is 3.75. The summed E-state index contributed by atoms with van der Waals surface area (Å²) < 4.78 is 5.81. The number of methoxy groups -OCH3 is 1. The van der Waals surface area contributed by atoms with Crippen LogP contribution >= 0.6 is 11.3 Å². The maximum absolute atomic E-state index is 12.6. The minimum Gasteiger partial charge on any atom is -0.465 e. The summed E-state index contributed by atoms with van der Waals surface area (Å²) in [5.41, 5.74) is 0.429. The van der Waals surface area contributed by atoms with Crippen LogP contribution in [0.3, 0.4) is 0 Å². The fourth-order valence-electron chi connectivity index (χ4n) is 2.76. The van der Waals surface area contributed by atoms with E-state index < -0.39 is 22.4 Å². The summed E-state index contributed by atoms with van der Waals surface area (Å²) in [7, 11) is 1.25. The Hall–Kier alpha value is -3.60. The molecule has 0 aliphatic carbocycles. The van der Waals surface area contributed by atoms with Crippen molar-refractivity contribution < 1.29 is 19.2 Å². The van der Waals surface area contributed by atoms with Gasteiger partial charge in [-0.25, -0.2) is 9.78 Å². The van der Waals surface area contributed by atoms with Crippen LogP contribution in [0.4, 0.5) is 10.7 Å². The van der Waals surface area contributed by atoms with Crippen LogP contribution in [-0.4, -0.2) is 33.5 Å². The van der Waals surface area contributed by atoms with Gasteiger partial charge in [0.15, 0.2) is 0 Å². The molecule has 0 unspecified atom stereocenters. The monoisotopic (exact) mass is 416 g/mol. The molecule has 29 heavy (non-hydrogen) atoms. The molecule has 1 aromatic carbocycles. The van der Waals surface area contributed by atoms with E-state index >= 15 is 0 Å². The van der Waals surface area contributed by atoms with Crippen molar-refractivity contribution in [3.8, 4) is 0 Å². The molecule has 0 spiro atoms. The minimum absolute atomic E-state index is 0.0348. The van der Waals surface area contributed by atoms with Gasteiger partial charge in [0, 0.05) is 17.0 Å². The topological polar surface area (TPSA) is 133 Å². The number of carbonyl (C=O) groups excluding carboxylic acids is 2. The molecule has 0 aliphatic rings. The lowest BCUT2D eigenvalue weighted by Gasteiger charge is -2.08. The van der Waals surface area contributed by atoms with Crippen LogP contribution in [0.25, 0.3) is 10.9 Å². The number of fused-ring (bicyclic) bond motifs is 1. The van der Waals surface area contributed by atoms with E-state index in [1.165, 1.54) is 36.9 Å². The van der Waals surface area contributed by atoms with Crippen molar-refractivity contribution in [2.45, 2.75) is 20.4 Å². The summed E-state index contributed by atoms with van der Waals surface area (Å²) >= 11 is 1.22. The number of rotatable bonds is 5. The summed E-state index contributed by atoms with van der Waals surface area (Å²) in [6.07, 6.45) is 1.20. The molecule has 0 atom stereocenters. The van der Waals surface area contributed by atoms with Crippen molar-refractivity contribution in [3.05, 3.63) is 61.0 Å². The maximum Gasteiger partial charge on any atom is 0.341 e. The number of hydrogen-bond acceptors (Lipinski definition) is 8. The molecular formula is C18H16N4O6S. The van der Waals surface area contributed by atoms with Gasteiger partial charge in [-0.1, -0.05) is 0 Å². The molecule has 0 saturated carbocycles. The first kappa shape index (κ1) is 20.1. The molecule has 2 heterocycles. The highest BCUT2D eigenvalue weighted by Crippen LogP contribution is 2.32. The molecule has 0 radical (unpaired) electrons. The number of nitrogens with zero attached hydrogens (tertiary/aromatic N) is 3. The fourth-order valence-corrected chi connectivity index (χ4v) is 3.82. The van der Waals surface area contributed by atoms with Crippen molar-refractivity contribution in [3.63, 3.8) is 0 Å². The Morgan fingerprint density at radius 1 is 1.34 bits per heavy atom. The Kier molecular flexibility index (Phi) is 5.41. The van der Waals surface area contributed by atoms with Crippen molar-refractivity contribution in [1.29, 1.82) is 0 Å². The number of non-ortho nitro benzene ring substituents is 1. The Bertz CT molecular complexity index is 1210. The highest BCUT2D eigenvalue weighted by molar-refractivity contribution is 7.16. The van der Waals surface area contributed by atoms with Crippen LogP contribution < -0.4 is 10.9 Å². The molecule has 0 aliphatic heterocycles. The molecule has 10 nitrogen and oxygen atoms in total. The van der Waals surface area contributed by atoms with Crippen molar-refractivity contribution in [2.75, 3.05) is 12.4 Å². The molecule has 0 saturated heterocycles. The third kappa shape index (κ3) is 3.85. The zero-order valence-electron chi connectivity index (χ0n) is 15.7. The zero-order chi connectivity index (χ0) is 21.3. The number of thiophene rings is 1. The number of benzene rings is 1. The Morgan fingerprint density at radius 2 is 2.07 bits per heavy atom. The van der Waals surface area contributed by atoms with Crippen LogP contribution in [0.1, 0.15) is 20.8 Å². The highest BCUT2D eigenvalue weighted by Gasteiger charge is 2.22. The molecule has 1 N–H and O–H groups in total. The molecule has 3 aromatic rings. The second-order valence-electron chi connectivity index (χ2n) is 6.16. The highest BCUT2D eigenvalue weighted by atomic mass is 32.1. The van der Waals surface area contributed by atoms with Crippen LogP contribution in [0.5, 0.6) is 0 Å². The summed E-state index contributed by atoms with van der Waals surface area (Å²) in [4.78, 5) is 52.3. The largest absolute Gasteiger partial charge is 0.465 e. The van der Waals surface area contributed by atoms with E-state index in [0.717, 1.165) is 15.5 Å². The maximum atomic E-state index is 12.6. The Balaban J connectivity index is 1.90. The number of ether oxygens (including phenoxy) is 1. The summed E-state index contributed by atoms with van der Waals surface area (Å²) in [5, 5.41) is 13.9. The molecule has 11 heteroatoms. The van der Waals surface area contributed by atoms with Gasteiger partial charge >= 0.3 is 5.97 Å². The SMILES string of the molecule is COC(=O)c1c(NC(=O)Cn2cnc3ccc([N+](=O)[O-])cc3c2=O)sc(C)c1C. The molecule has 2 aromatic heterocycles. The fraction of sp³-hybridized carbons (Fsp3) is 0.222. The smallest absolute Gasteiger partial charge is 0.341 e. The van der Waals surface area contributed by atoms with Crippen LogP contribution in [0.2, 0.25) is 0 Å². The molecule has 150 valence electrons. The van der Waals surface area contributed by atoms with E-state index in [0.29, 0.717) is 10.6 Å². The predicted molar refractivity (Wildman–Crippen MR) is 106 cm³/mol. The van der Waals surface area contributed by atoms with Crippen LogP contribution in [0, 0.1) is 24.0 Å². The van der Waals surface area contributed by atoms with Gasteiger partial charge in [-0.2, -0.15) is 0 Å². The lowest BCUT2D eigenvalue weighted by molar-refractivity contribution is -0.384. The van der Waals surface area contributed by atoms with E-state index in [1.54, 1.807) is 6.92 Å². The quantitative estimate of drug-likeness (QED) is 0.383. The van der Waals surface area contributed by atoms with E-state index in [9.17, 15) is 24.5 Å². The lowest BCUT2D eigenvalue weighted by atomic mass is 10.1. The number of aromatic nitrogens is 2. The van der Waals surface area contributed by atoms with Crippen molar-refractivity contribution in [2.24, 2.45) is 0 Å². The number of hydrogen-bond donors (Lipinski definition) is 1. The summed E-state index contributed by atoms with van der Waals surface area (Å²) in [6.45, 7) is 3.19. The number of nitrogens with one attached hydrogen (secondary N) is 1. The molecule has 0 fully saturated rings. The summed E-state index contributed by atoms with van der Waals surface area (Å²) in [5.74, 6) is -1.12.